The number of halogens is 2. The molecule has 170 valence electrons. The fraction of sp³-hybridized carbons (Fsp3) is 0.471. The van der Waals surface area contributed by atoms with Gasteiger partial charge < -0.3 is 19.7 Å². The molecule has 0 unspecified atom stereocenters. The van der Waals surface area contributed by atoms with Gasteiger partial charge in [-0.3, -0.25) is 15.2 Å². The minimum Gasteiger partial charge on any atom is -0.474 e. The van der Waals surface area contributed by atoms with Gasteiger partial charge in [0.25, 0.3) is 5.17 Å². The third-order valence-electron chi connectivity index (χ3n) is 4.69. The monoisotopic (exact) mass is 460 g/mol. The van der Waals surface area contributed by atoms with E-state index >= 15 is 0 Å². The van der Waals surface area contributed by atoms with Crippen LogP contribution in [-0.4, -0.2) is 74.9 Å². The summed E-state index contributed by atoms with van der Waals surface area (Å²) in [6, 6.07) is 1.46. The highest BCUT2D eigenvalue weighted by atomic mass is 32.1. The molecule has 14 heteroatoms. The van der Waals surface area contributed by atoms with Crippen molar-refractivity contribution in [2.75, 3.05) is 56.2 Å². The van der Waals surface area contributed by atoms with Crippen LogP contribution < -0.4 is 26.4 Å². The fourth-order valence-corrected chi connectivity index (χ4v) is 3.31. The van der Waals surface area contributed by atoms with Crippen molar-refractivity contribution in [2.45, 2.75) is 6.10 Å². The Hall–Kier alpha value is -2.97. The van der Waals surface area contributed by atoms with Crippen molar-refractivity contribution in [3.05, 3.63) is 23.8 Å². The number of nitrogens with one attached hydrogen (secondary N) is 2. The normalized spacial score (nSPS) is 19.0. The van der Waals surface area contributed by atoms with Crippen LogP contribution in [0.3, 0.4) is 0 Å². The lowest BCUT2D eigenvalue weighted by Crippen LogP contribution is -2.44. The number of nitrogens with two attached hydrogens (primary N) is 1. The van der Waals surface area contributed by atoms with Crippen LogP contribution in [0, 0.1) is 11.6 Å². The molecule has 0 aliphatic carbocycles. The molecule has 1 aromatic carbocycles. The molecule has 2 fully saturated rings. The van der Waals surface area contributed by atoms with Gasteiger partial charge in [0.15, 0.2) is 11.6 Å². The van der Waals surface area contributed by atoms with Gasteiger partial charge in [0.1, 0.15) is 11.8 Å². The van der Waals surface area contributed by atoms with E-state index in [0.717, 1.165) is 22.1 Å². The number of nitrogens with zero attached hydrogens (tertiary/aromatic N) is 3. The SMILES string of the molecule is COC(=S)NC[C@H]1CN(c2cc(F)c(N3CCON(C(=O)NN)CC3)c(F)c2)C(=O)O1. The molecule has 3 rings (SSSR count). The van der Waals surface area contributed by atoms with Crippen LogP contribution >= 0.6 is 12.2 Å². The van der Waals surface area contributed by atoms with Crippen LogP contribution in [0.15, 0.2) is 12.1 Å². The lowest BCUT2D eigenvalue weighted by atomic mass is 10.2. The summed E-state index contributed by atoms with van der Waals surface area (Å²) in [6.07, 6.45) is -1.30. The molecule has 4 N–H and O–H groups in total. The van der Waals surface area contributed by atoms with Crippen molar-refractivity contribution in [3.63, 3.8) is 0 Å². The molecule has 2 heterocycles. The summed E-state index contributed by atoms with van der Waals surface area (Å²) in [6.45, 7) is 0.584. The van der Waals surface area contributed by atoms with Crippen molar-refractivity contribution in [1.29, 1.82) is 0 Å². The van der Waals surface area contributed by atoms with E-state index in [4.69, 9.17) is 32.4 Å². The Morgan fingerprint density at radius 2 is 2.03 bits per heavy atom. The van der Waals surface area contributed by atoms with E-state index in [1.807, 2.05) is 5.43 Å². The zero-order valence-corrected chi connectivity index (χ0v) is 17.4. The Morgan fingerprint density at radius 3 is 2.68 bits per heavy atom. The number of carbonyl (C=O) groups is 2. The summed E-state index contributed by atoms with van der Waals surface area (Å²) >= 11 is 4.86. The lowest BCUT2D eigenvalue weighted by Gasteiger charge is -2.24. The highest BCUT2D eigenvalue weighted by molar-refractivity contribution is 7.80. The van der Waals surface area contributed by atoms with Crippen molar-refractivity contribution in [1.82, 2.24) is 15.8 Å². The Labute approximate surface area is 181 Å². The summed E-state index contributed by atoms with van der Waals surface area (Å²) < 4.78 is 39.7. The third kappa shape index (κ3) is 5.21. The molecule has 31 heavy (non-hydrogen) atoms. The number of hydrogen-bond acceptors (Lipinski definition) is 8. The number of cyclic esters (lactones) is 1. The highest BCUT2D eigenvalue weighted by Gasteiger charge is 2.34. The summed E-state index contributed by atoms with van der Waals surface area (Å²) in [5.74, 6) is 3.35. The molecular weight excluding hydrogens is 438 g/mol. The van der Waals surface area contributed by atoms with Crippen molar-refractivity contribution >= 4 is 40.9 Å². The second kappa shape index (κ2) is 9.89. The van der Waals surface area contributed by atoms with E-state index in [9.17, 15) is 18.4 Å². The van der Waals surface area contributed by atoms with Crippen LogP contribution in [-0.2, 0) is 14.3 Å². The fourth-order valence-electron chi connectivity index (χ4n) is 3.22. The Balaban J connectivity index is 1.71. The number of amides is 3. The maximum Gasteiger partial charge on any atom is 0.414 e. The first kappa shape index (κ1) is 22.7. The number of hydroxylamine groups is 2. The maximum absolute atomic E-state index is 14.9. The summed E-state index contributed by atoms with van der Waals surface area (Å²) in [4.78, 5) is 31.5. The van der Waals surface area contributed by atoms with Gasteiger partial charge in [0, 0.05) is 25.2 Å². The standard InChI is InChI=1S/C17H22F2N6O5S/c1-28-16(31)21-8-11-9-24(17(27)30-11)10-6-12(18)14(13(19)7-10)23-2-3-25(15(26)22-20)29-5-4-23/h6-7,11H,2-5,8-9,20H2,1H3,(H,21,31)(H,22,26)/t11-/m0/s1. The highest BCUT2D eigenvalue weighted by Crippen LogP contribution is 2.31. The minimum absolute atomic E-state index is 0.0184. The first-order chi connectivity index (χ1) is 14.8. The van der Waals surface area contributed by atoms with E-state index in [1.54, 1.807) is 0 Å². The Morgan fingerprint density at radius 1 is 1.32 bits per heavy atom. The third-order valence-corrected chi connectivity index (χ3v) is 5.01. The van der Waals surface area contributed by atoms with E-state index in [0.29, 0.717) is 0 Å². The molecule has 1 atom stereocenters. The minimum atomic E-state index is -0.860. The average Bonchev–Trinajstić information content (AvgIpc) is 2.95. The van der Waals surface area contributed by atoms with Gasteiger partial charge in [-0.05, 0) is 12.2 Å². The molecule has 1 aromatic rings. The number of thiocarbonyl (C=S) groups is 1. The number of urea groups is 1. The van der Waals surface area contributed by atoms with Crippen LogP contribution in [0.1, 0.15) is 0 Å². The van der Waals surface area contributed by atoms with Crippen LogP contribution in [0.25, 0.3) is 0 Å². The van der Waals surface area contributed by atoms with E-state index < -0.39 is 29.9 Å². The number of rotatable bonds is 4. The quantitative estimate of drug-likeness (QED) is 0.254. The van der Waals surface area contributed by atoms with Gasteiger partial charge in [-0.2, -0.15) is 0 Å². The summed E-state index contributed by atoms with van der Waals surface area (Å²) in [5.41, 5.74) is 1.68. The molecule has 2 aliphatic heterocycles. The second-order valence-electron chi connectivity index (χ2n) is 6.62. The van der Waals surface area contributed by atoms with Gasteiger partial charge >= 0.3 is 12.1 Å². The summed E-state index contributed by atoms with van der Waals surface area (Å²) in [7, 11) is 1.40. The van der Waals surface area contributed by atoms with Gasteiger partial charge in [0.2, 0.25) is 0 Å². The zero-order valence-electron chi connectivity index (χ0n) is 16.6. The molecule has 0 radical (unpaired) electrons. The first-order valence-corrected chi connectivity index (χ1v) is 9.69. The first-order valence-electron chi connectivity index (χ1n) is 9.29. The van der Waals surface area contributed by atoms with Gasteiger partial charge in [-0.15, -0.1) is 0 Å². The number of hydrazine groups is 1. The number of carbonyl (C=O) groups excluding carboxylic acids is 2. The Kier molecular flexibility index (Phi) is 7.25. The zero-order chi connectivity index (χ0) is 22.5. The molecule has 0 bridgehead atoms. The topological polar surface area (TPSA) is 122 Å². The smallest absolute Gasteiger partial charge is 0.414 e. The second-order valence-corrected chi connectivity index (χ2v) is 6.99. The van der Waals surface area contributed by atoms with Gasteiger partial charge in [-0.25, -0.2) is 29.3 Å². The average molecular weight is 460 g/mol. The molecule has 2 aliphatic rings. The van der Waals surface area contributed by atoms with Crippen LogP contribution in [0.5, 0.6) is 0 Å². The van der Waals surface area contributed by atoms with Gasteiger partial charge in [0.05, 0.1) is 39.0 Å². The molecule has 3 amide bonds. The molecule has 0 saturated carbocycles. The summed E-state index contributed by atoms with van der Waals surface area (Å²) in [5, 5.41) is 3.88. The number of anilines is 2. The number of hydrogen-bond donors (Lipinski definition) is 3. The molecule has 11 nitrogen and oxygen atoms in total. The lowest BCUT2D eigenvalue weighted by molar-refractivity contribution is -0.104. The van der Waals surface area contributed by atoms with Crippen molar-refractivity contribution < 1.29 is 32.7 Å². The number of ether oxygens (including phenoxy) is 2. The van der Waals surface area contributed by atoms with Gasteiger partial charge in [-0.1, -0.05) is 0 Å². The Bertz CT molecular complexity index is 839. The molecular formula is C17H22F2N6O5S. The molecule has 0 aromatic heterocycles. The number of methoxy groups -OCH3 is 1. The van der Waals surface area contributed by atoms with E-state index in [-0.39, 0.29) is 55.9 Å². The van der Waals surface area contributed by atoms with E-state index in [2.05, 4.69) is 5.32 Å². The maximum atomic E-state index is 14.9. The predicted molar refractivity (Wildman–Crippen MR) is 109 cm³/mol. The van der Waals surface area contributed by atoms with Crippen molar-refractivity contribution in [2.24, 2.45) is 5.84 Å². The van der Waals surface area contributed by atoms with Crippen LogP contribution in [0.2, 0.25) is 0 Å². The number of benzene rings is 1. The predicted octanol–water partition coefficient (Wildman–Crippen LogP) is 0.448. The molecule has 2 saturated heterocycles. The van der Waals surface area contributed by atoms with E-state index in [1.165, 1.54) is 12.0 Å². The van der Waals surface area contributed by atoms with Crippen molar-refractivity contribution in [3.8, 4) is 0 Å². The van der Waals surface area contributed by atoms with Crippen LogP contribution in [0.4, 0.5) is 29.7 Å². The largest absolute Gasteiger partial charge is 0.474 e. The molecule has 0 spiro atoms.